The van der Waals surface area contributed by atoms with E-state index in [0.29, 0.717) is 6.04 Å². The summed E-state index contributed by atoms with van der Waals surface area (Å²) in [6.07, 6.45) is 6.14. The molecule has 2 saturated heterocycles. The standard InChI is InChI=1S/C22H33N5O/c28-22-26(16-17-27(22)19-5-1-2-6-19)15-12-24-10-13-25(14-11-24)20-7-3-4-18-8-9-23-21(18)20/h3-4,7,19,23H,1-2,5-6,8-17H2. The maximum atomic E-state index is 12.7. The lowest BCUT2D eigenvalue weighted by Crippen LogP contribution is -2.49. The van der Waals surface area contributed by atoms with Gasteiger partial charge >= 0.3 is 6.03 Å². The van der Waals surface area contributed by atoms with Crippen LogP contribution in [0.3, 0.4) is 0 Å². The maximum absolute atomic E-state index is 12.7. The number of carbonyl (C=O) groups is 1. The van der Waals surface area contributed by atoms with Gasteiger partial charge in [-0.2, -0.15) is 0 Å². The molecule has 1 aromatic carbocycles. The molecule has 3 fully saturated rings. The fourth-order valence-corrected chi connectivity index (χ4v) is 5.42. The van der Waals surface area contributed by atoms with Crippen LogP contribution in [0.15, 0.2) is 18.2 Å². The molecule has 1 N–H and O–H groups in total. The van der Waals surface area contributed by atoms with Crippen LogP contribution >= 0.6 is 0 Å². The Morgan fingerprint density at radius 2 is 1.79 bits per heavy atom. The summed E-state index contributed by atoms with van der Waals surface area (Å²) in [6, 6.07) is 7.51. The molecule has 2 amide bonds. The van der Waals surface area contributed by atoms with Gasteiger partial charge in [-0.15, -0.1) is 0 Å². The van der Waals surface area contributed by atoms with Crippen molar-refractivity contribution in [3.63, 3.8) is 0 Å². The summed E-state index contributed by atoms with van der Waals surface area (Å²) in [5.74, 6) is 0. The number of amides is 2. The molecule has 6 nitrogen and oxygen atoms in total. The smallest absolute Gasteiger partial charge is 0.320 e. The third-order valence-corrected chi connectivity index (χ3v) is 7.12. The van der Waals surface area contributed by atoms with Crippen LogP contribution in [0.4, 0.5) is 16.2 Å². The Hall–Kier alpha value is -1.95. The first-order valence-electron chi connectivity index (χ1n) is 11.2. The van der Waals surface area contributed by atoms with E-state index < -0.39 is 0 Å². The zero-order valence-corrected chi connectivity index (χ0v) is 16.9. The number of fused-ring (bicyclic) bond motifs is 1. The Morgan fingerprint density at radius 1 is 0.964 bits per heavy atom. The van der Waals surface area contributed by atoms with E-state index in [1.54, 1.807) is 0 Å². The van der Waals surface area contributed by atoms with Crippen LogP contribution in [0, 0.1) is 0 Å². The summed E-state index contributed by atoms with van der Waals surface area (Å²) < 4.78 is 0. The summed E-state index contributed by atoms with van der Waals surface area (Å²) in [5, 5.41) is 3.57. The molecule has 3 heterocycles. The topological polar surface area (TPSA) is 42.1 Å². The average molecular weight is 384 g/mol. The fourth-order valence-electron chi connectivity index (χ4n) is 5.42. The number of para-hydroxylation sites is 1. The molecule has 4 aliphatic rings. The lowest BCUT2D eigenvalue weighted by molar-refractivity contribution is 0.169. The molecule has 5 rings (SSSR count). The number of urea groups is 1. The van der Waals surface area contributed by atoms with Gasteiger partial charge in [0.1, 0.15) is 0 Å². The Balaban J connectivity index is 1.11. The molecule has 0 spiro atoms. The van der Waals surface area contributed by atoms with Gasteiger partial charge in [0, 0.05) is 64.9 Å². The van der Waals surface area contributed by atoms with Crippen molar-refractivity contribution < 1.29 is 4.79 Å². The molecule has 152 valence electrons. The minimum Gasteiger partial charge on any atom is -0.383 e. The maximum Gasteiger partial charge on any atom is 0.320 e. The van der Waals surface area contributed by atoms with Crippen LogP contribution in [-0.4, -0.2) is 85.7 Å². The molecule has 0 bridgehead atoms. The van der Waals surface area contributed by atoms with Crippen molar-refractivity contribution in [2.75, 3.05) is 69.1 Å². The molecular weight excluding hydrogens is 350 g/mol. The first kappa shape index (κ1) is 18.1. The van der Waals surface area contributed by atoms with Gasteiger partial charge in [0.05, 0.1) is 11.4 Å². The van der Waals surface area contributed by atoms with Gasteiger partial charge in [-0.1, -0.05) is 25.0 Å². The Kier molecular flexibility index (Phi) is 5.05. The van der Waals surface area contributed by atoms with Gasteiger partial charge in [0.15, 0.2) is 0 Å². The molecule has 1 saturated carbocycles. The van der Waals surface area contributed by atoms with E-state index in [9.17, 15) is 4.79 Å². The zero-order valence-electron chi connectivity index (χ0n) is 16.9. The summed E-state index contributed by atoms with van der Waals surface area (Å²) in [7, 11) is 0. The normalized spacial score (nSPS) is 23.6. The lowest BCUT2D eigenvalue weighted by atomic mass is 10.1. The Morgan fingerprint density at radius 3 is 2.61 bits per heavy atom. The lowest BCUT2D eigenvalue weighted by Gasteiger charge is -2.37. The van der Waals surface area contributed by atoms with Gasteiger partial charge in [-0.3, -0.25) is 4.90 Å². The molecular formula is C22H33N5O. The van der Waals surface area contributed by atoms with E-state index in [-0.39, 0.29) is 6.03 Å². The van der Waals surface area contributed by atoms with Crippen LogP contribution in [-0.2, 0) is 6.42 Å². The Bertz CT molecular complexity index is 709. The van der Waals surface area contributed by atoms with E-state index >= 15 is 0 Å². The van der Waals surface area contributed by atoms with Crippen molar-refractivity contribution in [1.29, 1.82) is 0 Å². The van der Waals surface area contributed by atoms with Crippen molar-refractivity contribution >= 4 is 17.4 Å². The number of benzene rings is 1. The minimum atomic E-state index is 0.288. The van der Waals surface area contributed by atoms with E-state index in [4.69, 9.17) is 0 Å². The third kappa shape index (κ3) is 3.43. The molecule has 3 aliphatic heterocycles. The zero-order chi connectivity index (χ0) is 18.9. The number of carbonyl (C=O) groups excluding carboxylic acids is 1. The highest BCUT2D eigenvalue weighted by atomic mass is 16.2. The molecule has 6 heteroatoms. The van der Waals surface area contributed by atoms with Gasteiger partial charge in [0.2, 0.25) is 0 Å². The second-order valence-corrected chi connectivity index (χ2v) is 8.72. The number of piperazine rings is 1. The van der Waals surface area contributed by atoms with Crippen LogP contribution in [0.25, 0.3) is 0 Å². The van der Waals surface area contributed by atoms with E-state index in [1.807, 2.05) is 0 Å². The summed E-state index contributed by atoms with van der Waals surface area (Å²) in [6.45, 7) is 9.10. The second kappa shape index (κ2) is 7.82. The highest BCUT2D eigenvalue weighted by Crippen LogP contribution is 2.34. The number of hydrogen-bond donors (Lipinski definition) is 1. The predicted molar refractivity (Wildman–Crippen MR) is 113 cm³/mol. The van der Waals surface area contributed by atoms with Gasteiger partial charge in [-0.05, 0) is 30.9 Å². The predicted octanol–water partition coefficient (Wildman–Crippen LogP) is 2.46. The van der Waals surface area contributed by atoms with Crippen molar-refractivity contribution in [3.8, 4) is 0 Å². The molecule has 0 radical (unpaired) electrons. The molecule has 0 unspecified atom stereocenters. The minimum absolute atomic E-state index is 0.288. The van der Waals surface area contributed by atoms with Crippen LogP contribution in [0.5, 0.6) is 0 Å². The third-order valence-electron chi connectivity index (χ3n) is 7.12. The molecule has 1 aliphatic carbocycles. The number of nitrogens with one attached hydrogen (secondary N) is 1. The largest absolute Gasteiger partial charge is 0.383 e. The monoisotopic (exact) mass is 383 g/mol. The molecule has 28 heavy (non-hydrogen) atoms. The number of rotatable bonds is 5. The van der Waals surface area contributed by atoms with E-state index in [1.165, 1.54) is 42.6 Å². The van der Waals surface area contributed by atoms with Crippen LogP contribution < -0.4 is 10.2 Å². The van der Waals surface area contributed by atoms with E-state index in [0.717, 1.165) is 65.3 Å². The van der Waals surface area contributed by atoms with Crippen molar-refractivity contribution in [2.24, 2.45) is 0 Å². The fraction of sp³-hybridized carbons (Fsp3) is 0.682. The Labute approximate surface area is 168 Å². The molecule has 1 aromatic rings. The van der Waals surface area contributed by atoms with Crippen LogP contribution in [0.2, 0.25) is 0 Å². The molecule has 0 aromatic heterocycles. The summed E-state index contributed by atoms with van der Waals surface area (Å²) in [4.78, 5) is 22.0. The van der Waals surface area contributed by atoms with E-state index in [2.05, 4.69) is 43.1 Å². The first-order chi connectivity index (χ1) is 13.8. The van der Waals surface area contributed by atoms with Crippen molar-refractivity contribution in [2.45, 2.75) is 38.1 Å². The number of anilines is 2. The quantitative estimate of drug-likeness (QED) is 0.848. The first-order valence-corrected chi connectivity index (χ1v) is 11.2. The van der Waals surface area contributed by atoms with Crippen LogP contribution in [0.1, 0.15) is 31.2 Å². The summed E-state index contributed by atoms with van der Waals surface area (Å²) >= 11 is 0. The number of nitrogens with zero attached hydrogens (tertiary/aromatic N) is 4. The second-order valence-electron chi connectivity index (χ2n) is 8.72. The van der Waals surface area contributed by atoms with Gasteiger partial charge < -0.3 is 20.0 Å². The summed E-state index contributed by atoms with van der Waals surface area (Å²) in [5.41, 5.74) is 4.18. The number of hydrogen-bond acceptors (Lipinski definition) is 4. The van der Waals surface area contributed by atoms with Gasteiger partial charge in [-0.25, -0.2) is 4.79 Å². The van der Waals surface area contributed by atoms with Crippen molar-refractivity contribution in [3.05, 3.63) is 23.8 Å². The van der Waals surface area contributed by atoms with Crippen molar-refractivity contribution in [1.82, 2.24) is 14.7 Å². The SMILES string of the molecule is O=C1N(CCN2CCN(c3cccc4c3NCC4)CC2)CCN1C1CCCC1. The highest BCUT2D eigenvalue weighted by Gasteiger charge is 2.35. The molecule has 0 atom stereocenters. The highest BCUT2D eigenvalue weighted by molar-refractivity contribution is 5.77. The average Bonchev–Trinajstić information content (AvgIpc) is 3.47. The van der Waals surface area contributed by atoms with Gasteiger partial charge in [0.25, 0.3) is 0 Å².